The van der Waals surface area contributed by atoms with Gasteiger partial charge in [0, 0.05) is 25.3 Å². The monoisotopic (exact) mass is 290 g/mol. The summed E-state index contributed by atoms with van der Waals surface area (Å²) < 4.78 is 16.2. The van der Waals surface area contributed by atoms with E-state index in [1.54, 1.807) is 6.92 Å². The Balaban J connectivity index is 3.92. The van der Waals surface area contributed by atoms with E-state index in [4.69, 9.17) is 13.6 Å². The Hall–Kier alpha value is -0.593. The second-order valence-corrected chi connectivity index (χ2v) is 6.11. The highest BCUT2D eigenvalue weighted by Gasteiger charge is 2.25. The van der Waals surface area contributed by atoms with E-state index < -0.39 is 9.28 Å². The van der Waals surface area contributed by atoms with Crippen LogP contribution in [0.2, 0.25) is 5.54 Å². The van der Waals surface area contributed by atoms with Crippen LogP contribution in [0.5, 0.6) is 0 Å². The van der Waals surface area contributed by atoms with E-state index in [1.165, 1.54) is 0 Å². The van der Waals surface area contributed by atoms with E-state index in [1.807, 2.05) is 13.8 Å². The summed E-state index contributed by atoms with van der Waals surface area (Å²) in [7, 11) is -1.19. The first-order chi connectivity index (χ1) is 9.19. The molecule has 1 radical (unpaired) electrons. The molecule has 0 bridgehead atoms. The van der Waals surface area contributed by atoms with Crippen molar-refractivity contribution in [1.82, 2.24) is 5.32 Å². The number of rotatable bonds is 11. The fourth-order valence-electron chi connectivity index (χ4n) is 1.77. The molecule has 0 aliphatic heterocycles. The maximum Gasteiger partial charge on any atom is 0.407 e. The van der Waals surface area contributed by atoms with Crippen molar-refractivity contribution in [2.45, 2.75) is 52.5 Å². The summed E-state index contributed by atoms with van der Waals surface area (Å²) in [6, 6.07) is 0. The zero-order valence-electron chi connectivity index (χ0n) is 12.7. The molecule has 0 fully saturated rings. The van der Waals surface area contributed by atoms with E-state index in [2.05, 4.69) is 12.2 Å². The Morgan fingerprint density at radius 3 is 2.21 bits per heavy atom. The van der Waals surface area contributed by atoms with Crippen molar-refractivity contribution in [3.8, 4) is 0 Å². The van der Waals surface area contributed by atoms with Crippen molar-refractivity contribution in [1.29, 1.82) is 0 Å². The van der Waals surface area contributed by atoms with Gasteiger partial charge in [0.05, 0.1) is 6.61 Å². The predicted molar refractivity (Wildman–Crippen MR) is 77.3 cm³/mol. The molecule has 0 saturated heterocycles. The molecule has 0 aliphatic carbocycles. The normalized spacial score (nSPS) is 12.5. The van der Waals surface area contributed by atoms with Crippen molar-refractivity contribution in [3.63, 3.8) is 0 Å². The number of carbonyl (C=O) groups excluding carboxylic acids is 1. The van der Waals surface area contributed by atoms with Crippen molar-refractivity contribution in [2.24, 2.45) is 0 Å². The molecule has 1 N–H and O–H groups in total. The van der Waals surface area contributed by atoms with Crippen molar-refractivity contribution in [2.75, 3.05) is 26.4 Å². The second kappa shape index (κ2) is 12.4. The molecule has 113 valence electrons. The smallest absolute Gasteiger partial charge is 0.407 e. The summed E-state index contributed by atoms with van der Waals surface area (Å²) in [5.74, 6) is 0. The second-order valence-electron chi connectivity index (χ2n) is 4.08. The lowest BCUT2D eigenvalue weighted by molar-refractivity contribution is 0.152. The van der Waals surface area contributed by atoms with Crippen LogP contribution in [0.25, 0.3) is 0 Å². The van der Waals surface area contributed by atoms with Crippen LogP contribution in [-0.4, -0.2) is 41.7 Å². The van der Waals surface area contributed by atoms with Gasteiger partial charge in [-0.1, -0.05) is 13.3 Å². The van der Waals surface area contributed by atoms with Gasteiger partial charge in [-0.3, -0.25) is 0 Å². The predicted octanol–water partition coefficient (Wildman–Crippen LogP) is 2.85. The minimum absolute atomic E-state index is 0.337. The van der Waals surface area contributed by atoms with Gasteiger partial charge in [-0.25, -0.2) is 4.79 Å². The molecule has 0 aromatic heterocycles. The number of amides is 1. The number of hydrogen-bond donors (Lipinski definition) is 1. The summed E-state index contributed by atoms with van der Waals surface area (Å²) >= 11 is 0. The number of hydrogen-bond acceptors (Lipinski definition) is 4. The van der Waals surface area contributed by atoms with Gasteiger partial charge in [-0.05, 0) is 33.6 Å². The SMILES string of the molecule is CCOC(=O)NCCCC(CC)[Si](OCC)OCC. The largest absolute Gasteiger partial charge is 0.450 e. The molecule has 0 aliphatic rings. The summed E-state index contributed by atoms with van der Waals surface area (Å²) in [4.78, 5) is 11.1. The molecule has 6 heteroatoms. The maximum absolute atomic E-state index is 11.1. The van der Waals surface area contributed by atoms with Crippen LogP contribution < -0.4 is 5.32 Å². The van der Waals surface area contributed by atoms with Crippen LogP contribution in [-0.2, 0) is 13.6 Å². The van der Waals surface area contributed by atoms with Gasteiger partial charge >= 0.3 is 15.4 Å². The van der Waals surface area contributed by atoms with E-state index in [9.17, 15) is 4.79 Å². The molecule has 0 saturated carbocycles. The van der Waals surface area contributed by atoms with Crippen LogP contribution in [0.4, 0.5) is 4.79 Å². The molecule has 0 spiro atoms. The fraction of sp³-hybridized carbons (Fsp3) is 0.923. The van der Waals surface area contributed by atoms with E-state index in [0.29, 0.717) is 31.9 Å². The lowest BCUT2D eigenvalue weighted by Gasteiger charge is -2.22. The standard InChI is InChI=1S/C13H28NO4Si/c1-5-12(19(17-7-3)18-8-4)10-9-11-14-13(15)16-6-2/h12H,5-11H2,1-4H3,(H,14,15). The molecule has 1 amide bonds. The fourth-order valence-corrected chi connectivity index (χ4v) is 3.67. The Bertz CT molecular complexity index is 223. The quantitative estimate of drug-likeness (QED) is 0.469. The first-order valence-corrected chi connectivity index (χ1v) is 8.61. The molecule has 0 rings (SSSR count). The zero-order valence-corrected chi connectivity index (χ0v) is 13.7. The molecule has 5 nitrogen and oxygen atoms in total. The Kier molecular flexibility index (Phi) is 12.1. The van der Waals surface area contributed by atoms with Gasteiger partial charge in [0.15, 0.2) is 0 Å². The third-order valence-corrected chi connectivity index (χ3v) is 5.18. The first kappa shape index (κ1) is 18.4. The Labute approximate surface area is 118 Å². The molecular weight excluding hydrogens is 262 g/mol. The zero-order chi connectivity index (χ0) is 14.5. The lowest BCUT2D eigenvalue weighted by atomic mass is 10.2. The van der Waals surface area contributed by atoms with Gasteiger partial charge in [0.2, 0.25) is 0 Å². The van der Waals surface area contributed by atoms with Gasteiger partial charge in [0.1, 0.15) is 0 Å². The number of alkyl carbamates (subject to hydrolysis) is 1. The lowest BCUT2D eigenvalue weighted by Crippen LogP contribution is -2.30. The molecule has 0 aromatic carbocycles. The van der Waals surface area contributed by atoms with Crippen LogP contribution in [0, 0.1) is 0 Å². The number of carbonyl (C=O) groups is 1. The minimum Gasteiger partial charge on any atom is -0.450 e. The summed E-state index contributed by atoms with van der Waals surface area (Å²) in [5.41, 5.74) is 0.467. The third kappa shape index (κ3) is 9.02. The molecule has 1 atom stereocenters. The van der Waals surface area contributed by atoms with Crippen LogP contribution in [0.3, 0.4) is 0 Å². The molecular formula is C13H28NO4Si. The highest BCUT2D eigenvalue weighted by molar-refractivity contribution is 6.46. The highest BCUT2D eigenvalue weighted by atomic mass is 28.3. The Morgan fingerprint density at radius 2 is 1.74 bits per heavy atom. The summed E-state index contributed by atoms with van der Waals surface area (Å²) in [6.07, 6.45) is 2.65. The Morgan fingerprint density at radius 1 is 1.11 bits per heavy atom. The van der Waals surface area contributed by atoms with Crippen molar-refractivity contribution in [3.05, 3.63) is 0 Å². The molecule has 0 heterocycles. The van der Waals surface area contributed by atoms with Crippen LogP contribution in [0.1, 0.15) is 47.0 Å². The molecule has 1 unspecified atom stereocenters. The summed E-state index contributed by atoms with van der Waals surface area (Å²) in [5, 5.41) is 2.73. The van der Waals surface area contributed by atoms with E-state index >= 15 is 0 Å². The summed E-state index contributed by atoms with van der Waals surface area (Å²) in [6.45, 7) is 10.4. The molecule has 19 heavy (non-hydrogen) atoms. The average Bonchev–Trinajstić information content (AvgIpc) is 2.39. The van der Waals surface area contributed by atoms with E-state index in [-0.39, 0.29) is 6.09 Å². The number of ether oxygens (including phenoxy) is 1. The van der Waals surface area contributed by atoms with Gasteiger partial charge in [-0.15, -0.1) is 0 Å². The first-order valence-electron chi connectivity index (χ1n) is 7.22. The van der Waals surface area contributed by atoms with Gasteiger partial charge < -0.3 is 18.9 Å². The van der Waals surface area contributed by atoms with Gasteiger partial charge in [0.25, 0.3) is 0 Å². The van der Waals surface area contributed by atoms with Crippen molar-refractivity contribution >= 4 is 15.4 Å². The maximum atomic E-state index is 11.1. The van der Waals surface area contributed by atoms with Crippen LogP contribution in [0.15, 0.2) is 0 Å². The number of nitrogens with one attached hydrogen (secondary N) is 1. The van der Waals surface area contributed by atoms with Gasteiger partial charge in [-0.2, -0.15) is 0 Å². The minimum atomic E-state index is -1.19. The third-order valence-electron chi connectivity index (χ3n) is 2.67. The highest BCUT2D eigenvalue weighted by Crippen LogP contribution is 2.23. The van der Waals surface area contributed by atoms with Crippen LogP contribution >= 0.6 is 0 Å². The van der Waals surface area contributed by atoms with E-state index in [0.717, 1.165) is 19.3 Å². The topological polar surface area (TPSA) is 56.8 Å². The molecule has 0 aromatic rings. The van der Waals surface area contributed by atoms with Crippen molar-refractivity contribution < 1.29 is 18.4 Å². The average molecular weight is 290 g/mol.